The number of nitrogens with zero attached hydrogens (tertiary/aromatic N) is 2. The smallest absolute Gasteiger partial charge is 0.296 e. The number of phenols is 1. The summed E-state index contributed by atoms with van der Waals surface area (Å²) in [5.74, 6) is -1.33. The van der Waals surface area contributed by atoms with E-state index in [0.29, 0.717) is 22.0 Å². The monoisotopic (exact) mass is 432 g/mol. The number of hydrogen-bond acceptors (Lipinski definition) is 7. The number of ketones is 1. The molecule has 0 spiro atoms. The highest BCUT2D eigenvalue weighted by Crippen LogP contribution is 2.44. The molecule has 1 atom stereocenters. The number of carbonyl (C=O) groups excluding carboxylic acids is 2. The number of amides is 1. The number of anilines is 1. The Morgan fingerprint density at radius 2 is 1.81 bits per heavy atom. The van der Waals surface area contributed by atoms with Crippen molar-refractivity contribution < 1.29 is 24.2 Å². The Hall–Kier alpha value is -3.91. The van der Waals surface area contributed by atoms with Crippen LogP contribution in [0.2, 0.25) is 0 Å². The summed E-state index contributed by atoms with van der Waals surface area (Å²) >= 11 is 1.29. The number of rotatable bonds is 4. The molecule has 8 heteroatoms. The fourth-order valence-corrected chi connectivity index (χ4v) is 4.65. The van der Waals surface area contributed by atoms with Crippen molar-refractivity contribution in [3.05, 3.63) is 89.1 Å². The van der Waals surface area contributed by atoms with Crippen LogP contribution >= 0.6 is 11.3 Å². The highest BCUT2D eigenvalue weighted by atomic mass is 32.1. The molecule has 4 aromatic rings. The number of aromatic hydroxyl groups is 1. The van der Waals surface area contributed by atoms with Crippen LogP contribution in [0.5, 0.6) is 5.75 Å². The van der Waals surface area contributed by atoms with Crippen molar-refractivity contribution in [1.82, 2.24) is 4.98 Å². The number of hydrogen-bond donors (Lipinski definition) is 2. The van der Waals surface area contributed by atoms with Crippen molar-refractivity contribution >= 4 is 38.4 Å². The Morgan fingerprint density at radius 3 is 2.48 bits per heavy atom. The molecule has 154 valence electrons. The van der Waals surface area contributed by atoms with Crippen molar-refractivity contribution in [2.45, 2.75) is 13.0 Å². The summed E-state index contributed by atoms with van der Waals surface area (Å²) in [5.41, 5.74) is 1.16. The van der Waals surface area contributed by atoms with Crippen LogP contribution in [0.4, 0.5) is 5.13 Å². The molecule has 0 bridgehead atoms. The quantitative estimate of drug-likeness (QED) is 0.454. The summed E-state index contributed by atoms with van der Waals surface area (Å²) < 4.78 is 6.33. The summed E-state index contributed by atoms with van der Waals surface area (Å²) in [6.07, 6.45) is 0. The zero-order valence-corrected chi connectivity index (χ0v) is 17.1. The van der Waals surface area contributed by atoms with E-state index in [1.165, 1.54) is 34.4 Å². The molecule has 2 aromatic heterocycles. The van der Waals surface area contributed by atoms with Gasteiger partial charge >= 0.3 is 0 Å². The lowest BCUT2D eigenvalue weighted by molar-refractivity contribution is -0.117. The maximum atomic E-state index is 13.3. The molecule has 31 heavy (non-hydrogen) atoms. The third-order valence-corrected chi connectivity index (χ3v) is 6.15. The van der Waals surface area contributed by atoms with Crippen LogP contribution < -0.4 is 4.90 Å². The second kappa shape index (κ2) is 7.10. The first kappa shape index (κ1) is 19.1. The van der Waals surface area contributed by atoms with E-state index in [2.05, 4.69) is 4.98 Å². The standard InChI is InChI=1S/C23H16N2O5S/c1-12-6-11-16(30-12)20(27)18-19(13-7-9-14(26)10-8-13)25(22(29)21(18)28)23-24-15-4-2-3-5-17(15)31-23/h2-11,19,26,28H,1H3. The van der Waals surface area contributed by atoms with Crippen molar-refractivity contribution in [3.63, 3.8) is 0 Å². The number of fused-ring (bicyclic) bond motifs is 1. The number of thiazole rings is 1. The molecule has 0 aliphatic carbocycles. The highest BCUT2D eigenvalue weighted by Gasteiger charge is 2.46. The van der Waals surface area contributed by atoms with Crippen LogP contribution in [0.25, 0.3) is 10.2 Å². The van der Waals surface area contributed by atoms with E-state index in [4.69, 9.17) is 4.42 Å². The maximum Gasteiger partial charge on any atom is 0.296 e. The van der Waals surface area contributed by atoms with E-state index in [1.54, 1.807) is 25.1 Å². The minimum absolute atomic E-state index is 0.0294. The molecule has 7 nitrogen and oxygen atoms in total. The SMILES string of the molecule is Cc1ccc(C(=O)C2=C(O)C(=O)N(c3nc4ccccc4s3)C2c2ccc(O)cc2)o1. The molecule has 0 fully saturated rings. The average Bonchev–Trinajstić information content (AvgIpc) is 3.45. The maximum absolute atomic E-state index is 13.3. The van der Waals surface area contributed by atoms with Gasteiger partial charge in [-0.2, -0.15) is 0 Å². The van der Waals surface area contributed by atoms with E-state index in [9.17, 15) is 19.8 Å². The number of aliphatic hydroxyl groups is 1. The van der Waals surface area contributed by atoms with Gasteiger partial charge in [0.05, 0.1) is 21.8 Å². The topological polar surface area (TPSA) is 104 Å². The molecule has 2 N–H and O–H groups in total. The third kappa shape index (κ3) is 3.08. The van der Waals surface area contributed by atoms with Gasteiger partial charge in [-0.1, -0.05) is 35.6 Å². The normalized spacial score (nSPS) is 16.5. The molecular formula is C23H16N2O5S. The zero-order valence-electron chi connectivity index (χ0n) is 16.3. The van der Waals surface area contributed by atoms with Gasteiger partial charge in [0.25, 0.3) is 5.91 Å². The van der Waals surface area contributed by atoms with Gasteiger partial charge in [-0.15, -0.1) is 0 Å². The molecule has 5 rings (SSSR count). The number of aryl methyl sites for hydroxylation is 1. The van der Waals surface area contributed by atoms with Crippen molar-refractivity contribution in [3.8, 4) is 5.75 Å². The van der Waals surface area contributed by atoms with E-state index in [1.807, 2.05) is 24.3 Å². The molecule has 0 saturated carbocycles. The molecule has 0 radical (unpaired) electrons. The van der Waals surface area contributed by atoms with Crippen LogP contribution in [0, 0.1) is 6.92 Å². The first-order valence-corrected chi connectivity index (χ1v) is 10.3. The second-order valence-electron chi connectivity index (χ2n) is 7.14. The van der Waals surface area contributed by atoms with Crippen LogP contribution in [-0.2, 0) is 4.79 Å². The molecule has 2 aromatic carbocycles. The minimum Gasteiger partial charge on any atom is -0.508 e. The Kier molecular flexibility index (Phi) is 4.37. The molecule has 1 amide bonds. The number of furan rings is 1. The van der Waals surface area contributed by atoms with Gasteiger partial charge in [0, 0.05) is 0 Å². The average molecular weight is 432 g/mol. The summed E-state index contributed by atoms with van der Waals surface area (Å²) in [5, 5.41) is 20.8. The van der Waals surface area contributed by atoms with Crippen LogP contribution in [0.3, 0.4) is 0 Å². The number of para-hydroxylation sites is 1. The summed E-state index contributed by atoms with van der Waals surface area (Å²) in [6, 6.07) is 15.8. The Balaban J connectivity index is 1.68. The molecule has 0 saturated heterocycles. The number of carbonyl (C=O) groups is 2. The van der Waals surface area contributed by atoms with E-state index in [0.717, 1.165) is 4.70 Å². The van der Waals surface area contributed by atoms with Gasteiger partial charge < -0.3 is 14.6 Å². The van der Waals surface area contributed by atoms with E-state index >= 15 is 0 Å². The van der Waals surface area contributed by atoms with Gasteiger partial charge in [0.15, 0.2) is 16.7 Å². The molecule has 1 aliphatic rings. The van der Waals surface area contributed by atoms with Crippen molar-refractivity contribution in [2.75, 3.05) is 4.90 Å². The number of benzene rings is 2. The van der Waals surface area contributed by atoms with Crippen molar-refractivity contribution in [2.24, 2.45) is 0 Å². The van der Waals surface area contributed by atoms with E-state index in [-0.39, 0.29) is 17.1 Å². The fraction of sp³-hybridized carbons (Fsp3) is 0.0870. The minimum atomic E-state index is -0.924. The number of aromatic nitrogens is 1. The zero-order chi connectivity index (χ0) is 21.7. The molecule has 1 aliphatic heterocycles. The van der Waals surface area contributed by atoms with Gasteiger partial charge in [-0.3, -0.25) is 14.5 Å². The largest absolute Gasteiger partial charge is 0.508 e. The Labute approximate surface area is 180 Å². The number of phenolic OH excluding ortho intramolecular Hbond substituents is 1. The van der Waals surface area contributed by atoms with Crippen LogP contribution in [0.1, 0.15) is 27.9 Å². The van der Waals surface area contributed by atoms with Gasteiger partial charge in [-0.25, -0.2) is 4.98 Å². The fourth-order valence-electron chi connectivity index (χ4n) is 3.66. The Morgan fingerprint density at radius 1 is 1.06 bits per heavy atom. The van der Waals surface area contributed by atoms with Gasteiger partial charge in [0.2, 0.25) is 5.78 Å². The molecule has 1 unspecified atom stereocenters. The van der Waals surface area contributed by atoms with Gasteiger partial charge in [-0.05, 0) is 48.9 Å². The lowest BCUT2D eigenvalue weighted by atomic mass is 9.95. The second-order valence-corrected chi connectivity index (χ2v) is 8.14. The lowest BCUT2D eigenvalue weighted by Gasteiger charge is -2.24. The predicted molar refractivity (Wildman–Crippen MR) is 115 cm³/mol. The Bertz CT molecular complexity index is 1330. The number of Topliss-reactive ketones (excluding diaryl/α,β-unsaturated/α-hetero) is 1. The van der Waals surface area contributed by atoms with Crippen LogP contribution in [0.15, 0.2) is 76.4 Å². The predicted octanol–water partition coefficient (Wildman–Crippen LogP) is 4.69. The highest BCUT2D eigenvalue weighted by molar-refractivity contribution is 7.22. The molecule has 3 heterocycles. The third-order valence-electron chi connectivity index (χ3n) is 5.11. The van der Waals surface area contributed by atoms with E-state index < -0.39 is 23.5 Å². The summed E-state index contributed by atoms with van der Waals surface area (Å²) in [6.45, 7) is 1.70. The van der Waals surface area contributed by atoms with Crippen molar-refractivity contribution in [1.29, 1.82) is 0 Å². The lowest BCUT2D eigenvalue weighted by Crippen LogP contribution is -2.30. The summed E-state index contributed by atoms with van der Waals surface area (Å²) in [7, 11) is 0. The molecular weight excluding hydrogens is 416 g/mol. The van der Waals surface area contributed by atoms with Crippen LogP contribution in [-0.4, -0.2) is 26.9 Å². The van der Waals surface area contributed by atoms with Gasteiger partial charge in [0.1, 0.15) is 11.5 Å². The summed E-state index contributed by atoms with van der Waals surface area (Å²) in [4.78, 5) is 32.3. The first-order chi connectivity index (χ1) is 14.9. The first-order valence-electron chi connectivity index (χ1n) is 9.46. The number of aliphatic hydroxyl groups excluding tert-OH is 1.